The lowest BCUT2D eigenvalue weighted by molar-refractivity contribution is -0.125. The van der Waals surface area contributed by atoms with Gasteiger partial charge in [-0.1, -0.05) is 74.5 Å². The maximum Gasteiger partial charge on any atom is 0.408 e. The second kappa shape index (κ2) is 18.2. The quantitative estimate of drug-likeness (QED) is 0.114. The molecule has 12 nitrogen and oxygen atoms in total. The summed E-state index contributed by atoms with van der Waals surface area (Å²) in [5.74, 6) is -0.349. The highest BCUT2D eigenvalue weighted by atomic mass is 32.1. The number of benzene rings is 2. The topological polar surface area (TPSA) is 172 Å². The molecule has 48 heavy (non-hydrogen) atoms. The van der Waals surface area contributed by atoms with Gasteiger partial charge in [0.05, 0.1) is 33.2 Å². The summed E-state index contributed by atoms with van der Waals surface area (Å²) in [6.45, 7) is 5.48. The van der Waals surface area contributed by atoms with Crippen LogP contribution in [0.5, 0.6) is 0 Å². The number of amides is 3. The van der Waals surface area contributed by atoms with Crippen LogP contribution in [-0.2, 0) is 40.3 Å². The van der Waals surface area contributed by atoms with Crippen LogP contribution in [0.3, 0.4) is 0 Å². The number of rotatable bonds is 16. The molecule has 5 atom stereocenters. The van der Waals surface area contributed by atoms with E-state index in [-0.39, 0.29) is 32.0 Å². The fourth-order valence-corrected chi connectivity index (χ4v) is 6.08. The molecule has 0 aliphatic heterocycles. The van der Waals surface area contributed by atoms with E-state index in [1.54, 1.807) is 11.7 Å². The van der Waals surface area contributed by atoms with Crippen LogP contribution < -0.4 is 16.0 Å². The molecule has 256 valence electrons. The van der Waals surface area contributed by atoms with Gasteiger partial charge < -0.3 is 35.6 Å². The van der Waals surface area contributed by atoms with Gasteiger partial charge in [0.25, 0.3) is 0 Å². The molecule has 0 saturated heterocycles. The molecule has 0 bridgehead atoms. The summed E-state index contributed by atoms with van der Waals surface area (Å²) in [5, 5.41) is 33.8. The molecule has 0 saturated carbocycles. The summed E-state index contributed by atoms with van der Waals surface area (Å²) in [4.78, 5) is 47.8. The Labute approximate surface area is 287 Å². The lowest BCUT2D eigenvalue weighted by Gasteiger charge is -2.33. The van der Waals surface area contributed by atoms with Crippen molar-refractivity contribution >= 4 is 40.8 Å². The van der Waals surface area contributed by atoms with Crippen LogP contribution in [0.2, 0.25) is 0 Å². The Balaban J connectivity index is 1.43. The molecule has 0 aliphatic carbocycles. The van der Waals surface area contributed by atoms with Crippen LogP contribution in [0.15, 0.2) is 77.8 Å². The van der Waals surface area contributed by atoms with Gasteiger partial charge in [0, 0.05) is 17.5 Å². The predicted molar refractivity (Wildman–Crippen MR) is 182 cm³/mol. The van der Waals surface area contributed by atoms with Gasteiger partial charge in [-0.15, -0.1) is 22.7 Å². The molecule has 0 unspecified atom stereocenters. The van der Waals surface area contributed by atoms with Crippen molar-refractivity contribution in [1.29, 1.82) is 0 Å². The number of aromatic nitrogens is 2. The molecule has 0 aliphatic rings. The lowest BCUT2D eigenvalue weighted by atomic mass is 9.91. The molecule has 4 aromatic rings. The van der Waals surface area contributed by atoms with Crippen molar-refractivity contribution in [3.63, 3.8) is 0 Å². The third-order valence-electron chi connectivity index (χ3n) is 7.37. The van der Waals surface area contributed by atoms with E-state index >= 15 is 0 Å². The van der Waals surface area contributed by atoms with Crippen LogP contribution in [0.25, 0.3) is 0 Å². The molecule has 2 aromatic carbocycles. The monoisotopic (exact) mass is 695 g/mol. The first-order valence-electron chi connectivity index (χ1n) is 15.5. The number of thiazole rings is 2. The molecule has 0 fully saturated rings. The Morgan fingerprint density at radius 2 is 1.33 bits per heavy atom. The van der Waals surface area contributed by atoms with Gasteiger partial charge in [-0.05, 0) is 30.9 Å². The highest BCUT2D eigenvalue weighted by Crippen LogP contribution is 2.20. The van der Waals surface area contributed by atoms with Crippen LogP contribution in [-0.4, -0.2) is 68.6 Å². The van der Waals surface area contributed by atoms with Crippen molar-refractivity contribution < 1.29 is 34.1 Å². The van der Waals surface area contributed by atoms with Crippen molar-refractivity contribution in [2.45, 2.75) is 83.1 Å². The minimum absolute atomic E-state index is 0.00399. The van der Waals surface area contributed by atoms with E-state index < -0.39 is 48.4 Å². The number of nitrogens with zero attached hydrogens (tertiary/aromatic N) is 2. The van der Waals surface area contributed by atoms with Gasteiger partial charge in [-0.2, -0.15) is 0 Å². The molecule has 3 amide bonds. The number of hydrogen-bond acceptors (Lipinski definition) is 11. The number of nitrogens with one attached hydrogen (secondary N) is 3. The smallest absolute Gasteiger partial charge is 0.408 e. The first-order valence-corrected chi connectivity index (χ1v) is 17.3. The molecule has 2 heterocycles. The SMILES string of the molecule is CC(C)c1nc(COC(=O)N[C@@H](C)C(=O)N[C@@H](Cc2ccccc2)[C@H](O)[C@H](O)[C@H](Cc2ccccc2)NC(=O)OCc2cncs2)cs1. The number of carbonyl (C=O) groups excluding carboxylic acids is 3. The average molecular weight is 696 g/mol. The Kier molecular flexibility index (Phi) is 13.9. The fraction of sp³-hybridized carbons (Fsp3) is 0.382. The minimum Gasteiger partial charge on any atom is -0.444 e. The summed E-state index contributed by atoms with van der Waals surface area (Å²) in [7, 11) is 0. The Hall–Kier alpha value is -4.37. The highest BCUT2D eigenvalue weighted by molar-refractivity contribution is 7.09. The Morgan fingerprint density at radius 3 is 1.88 bits per heavy atom. The summed E-state index contributed by atoms with van der Waals surface area (Å²) in [6, 6.07) is 15.3. The van der Waals surface area contributed by atoms with Crippen molar-refractivity contribution in [3.8, 4) is 0 Å². The molecule has 14 heteroatoms. The third-order valence-corrected chi connectivity index (χ3v) is 9.32. The molecular formula is C34H41N5O7S2. The van der Waals surface area contributed by atoms with Crippen LogP contribution >= 0.6 is 22.7 Å². The van der Waals surface area contributed by atoms with Crippen LogP contribution in [0.1, 0.15) is 53.4 Å². The van der Waals surface area contributed by atoms with Gasteiger partial charge in [0.2, 0.25) is 5.91 Å². The summed E-state index contributed by atoms with van der Waals surface area (Å²) in [5.41, 5.74) is 3.83. The van der Waals surface area contributed by atoms with Crippen LogP contribution in [0.4, 0.5) is 9.59 Å². The molecule has 2 aromatic heterocycles. The highest BCUT2D eigenvalue weighted by Gasteiger charge is 2.35. The maximum atomic E-state index is 13.3. The van der Waals surface area contributed by atoms with E-state index in [0.29, 0.717) is 5.69 Å². The largest absolute Gasteiger partial charge is 0.444 e. The lowest BCUT2D eigenvalue weighted by Crippen LogP contribution is -2.59. The minimum atomic E-state index is -1.54. The number of ether oxygens (including phenoxy) is 2. The Bertz CT molecular complexity index is 1570. The zero-order chi connectivity index (χ0) is 34.5. The second-order valence-corrected chi connectivity index (χ2v) is 13.4. The fourth-order valence-electron chi connectivity index (χ4n) is 4.75. The number of aliphatic hydroxyl groups excluding tert-OH is 2. The second-order valence-electron chi connectivity index (χ2n) is 11.5. The van der Waals surface area contributed by atoms with E-state index in [2.05, 4.69) is 25.9 Å². The van der Waals surface area contributed by atoms with Gasteiger partial charge in [0.1, 0.15) is 31.5 Å². The van der Waals surface area contributed by atoms with E-state index in [9.17, 15) is 24.6 Å². The van der Waals surface area contributed by atoms with E-state index in [1.165, 1.54) is 29.6 Å². The molecule has 0 radical (unpaired) electrons. The van der Waals surface area contributed by atoms with Crippen molar-refractivity contribution in [1.82, 2.24) is 25.9 Å². The van der Waals surface area contributed by atoms with E-state index in [1.807, 2.05) is 79.9 Å². The number of aliphatic hydroxyl groups is 2. The first-order chi connectivity index (χ1) is 23.1. The van der Waals surface area contributed by atoms with E-state index in [4.69, 9.17) is 9.47 Å². The standard InChI is InChI=1S/C34H41N5O7S2/c1-21(2)32-37-25(19-47-32)17-45-33(43)36-22(3)31(42)38-27(14-23-10-6-4-7-11-23)29(40)30(41)28(15-24-12-8-5-9-13-24)39-34(44)46-18-26-16-35-20-48-26/h4-13,16,19-22,27-30,40-41H,14-15,17-18H2,1-3H3,(H,36,43)(H,38,42)(H,39,44)/t22-,27-,28-,29-,30+/m0/s1. The van der Waals surface area contributed by atoms with Crippen molar-refractivity contribution in [2.75, 3.05) is 0 Å². The average Bonchev–Trinajstić information content (AvgIpc) is 3.79. The number of hydrogen-bond donors (Lipinski definition) is 5. The third kappa shape index (κ3) is 11.4. The zero-order valence-electron chi connectivity index (χ0n) is 26.9. The zero-order valence-corrected chi connectivity index (χ0v) is 28.6. The summed E-state index contributed by atoms with van der Waals surface area (Å²) >= 11 is 2.82. The number of carbonyl (C=O) groups is 3. The number of alkyl carbamates (subject to hydrolysis) is 2. The maximum absolute atomic E-state index is 13.3. The summed E-state index contributed by atoms with van der Waals surface area (Å²) in [6.07, 6.45) is -2.75. The predicted octanol–water partition coefficient (Wildman–Crippen LogP) is 4.32. The van der Waals surface area contributed by atoms with E-state index in [0.717, 1.165) is 21.0 Å². The van der Waals surface area contributed by atoms with Gasteiger partial charge in [-0.25, -0.2) is 14.6 Å². The normalized spacial score (nSPS) is 14.3. The molecule has 5 N–H and O–H groups in total. The first kappa shape index (κ1) is 36.5. The summed E-state index contributed by atoms with van der Waals surface area (Å²) < 4.78 is 10.6. The van der Waals surface area contributed by atoms with Crippen molar-refractivity contribution in [2.24, 2.45) is 0 Å². The van der Waals surface area contributed by atoms with Crippen molar-refractivity contribution in [3.05, 3.63) is 104 Å². The van der Waals surface area contributed by atoms with Gasteiger partial charge in [0.15, 0.2) is 0 Å². The Morgan fingerprint density at radius 1 is 0.771 bits per heavy atom. The molecule has 0 spiro atoms. The molecular weight excluding hydrogens is 655 g/mol. The molecule has 4 rings (SSSR count). The van der Waals surface area contributed by atoms with Gasteiger partial charge in [-0.3, -0.25) is 9.78 Å². The van der Waals surface area contributed by atoms with Crippen LogP contribution in [0, 0.1) is 0 Å². The van der Waals surface area contributed by atoms with Gasteiger partial charge >= 0.3 is 12.2 Å².